The van der Waals surface area contributed by atoms with E-state index in [0.717, 1.165) is 45.6 Å². The van der Waals surface area contributed by atoms with Gasteiger partial charge < -0.3 is 10.1 Å². The normalized spacial score (nSPS) is 15.2. The third-order valence-electron chi connectivity index (χ3n) is 7.49. The second kappa shape index (κ2) is 19.8. The lowest BCUT2D eigenvalue weighted by Crippen LogP contribution is -2.52. The lowest BCUT2D eigenvalue weighted by Gasteiger charge is -2.35. The van der Waals surface area contributed by atoms with Crippen LogP contribution in [0.5, 0.6) is 0 Å². The summed E-state index contributed by atoms with van der Waals surface area (Å²) in [5.74, 6) is 0.191. The Morgan fingerprint density at radius 1 is 0.719 bits per heavy atom. The van der Waals surface area contributed by atoms with Crippen molar-refractivity contribution in [2.75, 3.05) is 32.8 Å². The van der Waals surface area contributed by atoms with Crippen molar-refractivity contribution in [2.24, 2.45) is 0 Å². The zero-order chi connectivity index (χ0) is 23.3. The fourth-order valence-electron chi connectivity index (χ4n) is 4.98. The van der Waals surface area contributed by atoms with E-state index in [0.29, 0.717) is 6.54 Å². The molecule has 0 unspecified atom stereocenters. The first-order valence-corrected chi connectivity index (χ1v) is 14.3. The molecule has 0 bridgehead atoms. The highest BCUT2D eigenvalue weighted by molar-refractivity contribution is 5.78. The standard InChI is InChI=1S/C28H56N2O2/c1-4-7-8-9-10-11-12-13-14-15-16-17-18-19-20-21-28(5-2,6-3)29-27(31)26-30-22-24-32-25-23-30/h4-26H2,1-3H3,(H,29,31). The number of carbonyl (C=O) groups excluding carboxylic acids is 1. The molecule has 1 saturated heterocycles. The lowest BCUT2D eigenvalue weighted by molar-refractivity contribution is -0.125. The molecule has 0 aromatic heterocycles. The third-order valence-corrected chi connectivity index (χ3v) is 7.49. The van der Waals surface area contributed by atoms with Crippen molar-refractivity contribution in [2.45, 2.75) is 142 Å². The Balaban J connectivity index is 2.02. The Labute approximate surface area is 200 Å². The summed E-state index contributed by atoms with van der Waals surface area (Å²) in [5, 5.41) is 3.41. The number of ether oxygens (including phenoxy) is 1. The molecule has 32 heavy (non-hydrogen) atoms. The van der Waals surface area contributed by atoms with E-state index in [1.54, 1.807) is 0 Å². The first-order valence-electron chi connectivity index (χ1n) is 14.3. The van der Waals surface area contributed by atoms with Gasteiger partial charge in [-0.3, -0.25) is 9.69 Å². The van der Waals surface area contributed by atoms with Crippen LogP contribution in [0.25, 0.3) is 0 Å². The van der Waals surface area contributed by atoms with Gasteiger partial charge in [0.05, 0.1) is 19.8 Å². The lowest BCUT2D eigenvalue weighted by atomic mass is 9.86. The zero-order valence-corrected chi connectivity index (χ0v) is 22.0. The van der Waals surface area contributed by atoms with Crippen LogP contribution in [0.4, 0.5) is 0 Å². The van der Waals surface area contributed by atoms with E-state index >= 15 is 0 Å². The van der Waals surface area contributed by atoms with Crippen molar-refractivity contribution in [3.8, 4) is 0 Å². The first kappa shape index (κ1) is 29.4. The maximum atomic E-state index is 12.6. The van der Waals surface area contributed by atoms with Crippen LogP contribution in [0.2, 0.25) is 0 Å². The first-order chi connectivity index (χ1) is 15.7. The molecular formula is C28H56N2O2. The highest BCUT2D eigenvalue weighted by atomic mass is 16.5. The molecule has 0 radical (unpaired) electrons. The number of unbranched alkanes of at least 4 members (excludes halogenated alkanes) is 14. The van der Waals surface area contributed by atoms with Gasteiger partial charge in [-0.1, -0.05) is 117 Å². The molecule has 1 fully saturated rings. The summed E-state index contributed by atoms with van der Waals surface area (Å²) >= 11 is 0. The van der Waals surface area contributed by atoms with E-state index < -0.39 is 0 Å². The topological polar surface area (TPSA) is 41.6 Å². The second-order valence-electron chi connectivity index (χ2n) is 10.1. The highest BCUT2D eigenvalue weighted by Crippen LogP contribution is 2.24. The number of morpholine rings is 1. The number of hydrogen-bond acceptors (Lipinski definition) is 3. The summed E-state index contributed by atoms with van der Waals surface area (Å²) in [6.45, 7) is 10.5. The van der Waals surface area contributed by atoms with Crippen LogP contribution in [-0.4, -0.2) is 49.2 Å². The molecule has 1 aliphatic heterocycles. The van der Waals surface area contributed by atoms with Crippen LogP contribution in [0.15, 0.2) is 0 Å². The van der Waals surface area contributed by atoms with Crippen LogP contribution >= 0.6 is 0 Å². The van der Waals surface area contributed by atoms with Gasteiger partial charge in [0.2, 0.25) is 5.91 Å². The molecule has 190 valence electrons. The molecule has 1 heterocycles. The summed E-state index contributed by atoms with van der Waals surface area (Å²) in [5.41, 5.74) is -0.0140. The minimum Gasteiger partial charge on any atom is -0.379 e. The molecule has 0 aromatic rings. The van der Waals surface area contributed by atoms with Gasteiger partial charge in [0.15, 0.2) is 0 Å². The molecule has 1 N–H and O–H groups in total. The molecule has 0 aromatic carbocycles. The summed E-state index contributed by atoms with van der Waals surface area (Å²) in [7, 11) is 0. The van der Waals surface area contributed by atoms with Crippen molar-refractivity contribution < 1.29 is 9.53 Å². The zero-order valence-electron chi connectivity index (χ0n) is 22.0. The van der Waals surface area contributed by atoms with Gasteiger partial charge >= 0.3 is 0 Å². The molecule has 4 heteroatoms. The van der Waals surface area contributed by atoms with Crippen LogP contribution in [0, 0.1) is 0 Å². The Morgan fingerprint density at radius 3 is 1.59 bits per heavy atom. The fourth-order valence-corrected chi connectivity index (χ4v) is 4.98. The Morgan fingerprint density at radius 2 is 1.16 bits per heavy atom. The Kier molecular flexibility index (Phi) is 18.2. The largest absolute Gasteiger partial charge is 0.379 e. The summed E-state index contributed by atoms with van der Waals surface area (Å²) in [4.78, 5) is 14.8. The SMILES string of the molecule is CCCCCCCCCCCCCCCCCC(CC)(CC)NC(=O)CN1CCOCC1. The number of hydrogen-bond donors (Lipinski definition) is 1. The Hall–Kier alpha value is -0.610. The molecule has 1 rings (SSSR count). The highest BCUT2D eigenvalue weighted by Gasteiger charge is 2.28. The number of amides is 1. The molecule has 4 nitrogen and oxygen atoms in total. The summed E-state index contributed by atoms with van der Waals surface area (Å²) < 4.78 is 5.39. The maximum absolute atomic E-state index is 12.6. The molecule has 1 amide bonds. The van der Waals surface area contributed by atoms with Gasteiger partial charge in [-0.05, 0) is 19.3 Å². The molecule has 0 saturated carbocycles. The molecule has 1 aliphatic rings. The average molecular weight is 453 g/mol. The van der Waals surface area contributed by atoms with E-state index in [-0.39, 0.29) is 11.4 Å². The summed E-state index contributed by atoms with van der Waals surface area (Å²) in [6.07, 6.45) is 24.1. The van der Waals surface area contributed by atoms with Gasteiger partial charge in [0, 0.05) is 18.6 Å². The van der Waals surface area contributed by atoms with Gasteiger partial charge in [-0.25, -0.2) is 0 Å². The number of carbonyl (C=O) groups is 1. The molecular weight excluding hydrogens is 396 g/mol. The number of nitrogens with zero attached hydrogens (tertiary/aromatic N) is 1. The van der Waals surface area contributed by atoms with Crippen molar-refractivity contribution in [3.05, 3.63) is 0 Å². The van der Waals surface area contributed by atoms with E-state index in [1.807, 2.05) is 0 Å². The fraction of sp³-hybridized carbons (Fsp3) is 0.964. The molecule has 0 aliphatic carbocycles. The minimum absolute atomic E-state index is 0.0140. The third kappa shape index (κ3) is 14.5. The van der Waals surface area contributed by atoms with E-state index in [1.165, 1.54) is 96.3 Å². The monoisotopic (exact) mass is 452 g/mol. The number of nitrogens with one attached hydrogen (secondary N) is 1. The van der Waals surface area contributed by atoms with Gasteiger partial charge in [0.25, 0.3) is 0 Å². The van der Waals surface area contributed by atoms with Crippen molar-refractivity contribution >= 4 is 5.91 Å². The van der Waals surface area contributed by atoms with E-state index in [4.69, 9.17) is 4.74 Å². The minimum atomic E-state index is -0.0140. The maximum Gasteiger partial charge on any atom is 0.234 e. The Bertz CT molecular complexity index is 431. The molecule has 0 atom stereocenters. The van der Waals surface area contributed by atoms with Crippen molar-refractivity contribution in [1.82, 2.24) is 10.2 Å². The summed E-state index contributed by atoms with van der Waals surface area (Å²) in [6, 6.07) is 0. The predicted octanol–water partition coefficient (Wildman–Crippen LogP) is 7.26. The van der Waals surface area contributed by atoms with E-state index in [2.05, 4.69) is 31.0 Å². The van der Waals surface area contributed by atoms with Crippen LogP contribution in [0.1, 0.15) is 136 Å². The smallest absolute Gasteiger partial charge is 0.234 e. The molecule has 0 spiro atoms. The van der Waals surface area contributed by atoms with Crippen molar-refractivity contribution in [3.63, 3.8) is 0 Å². The van der Waals surface area contributed by atoms with Crippen LogP contribution in [-0.2, 0) is 9.53 Å². The average Bonchev–Trinajstić information content (AvgIpc) is 2.81. The van der Waals surface area contributed by atoms with Gasteiger partial charge in [-0.15, -0.1) is 0 Å². The second-order valence-corrected chi connectivity index (χ2v) is 10.1. The quantitative estimate of drug-likeness (QED) is 0.186. The van der Waals surface area contributed by atoms with Crippen molar-refractivity contribution in [1.29, 1.82) is 0 Å². The van der Waals surface area contributed by atoms with Gasteiger partial charge in [0.1, 0.15) is 0 Å². The van der Waals surface area contributed by atoms with Crippen LogP contribution < -0.4 is 5.32 Å². The van der Waals surface area contributed by atoms with Crippen LogP contribution in [0.3, 0.4) is 0 Å². The number of rotatable bonds is 21. The van der Waals surface area contributed by atoms with Gasteiger partial charge in [-0.2, -0.15) is 0 Å². The predicted molar refractivity (Wildman–Crippen MR) is 138 cm³/mol. The van der Waals surface area contributed by atoms with E-state index in [9.17, 15) is 4.79 Å².